The molecule has 1 aromatic heterocycles. The Kier molecular flexibility index (Phi) is 8.35. The molecule has 0 saturated carbocycles. The number of thiocarbonyl (C=S) groups is 1. The van der Waals surface area contributed by atoms with Gasteiger partial charge >= 0.3 is 0 Å². The fraction of sp³-hybridized carbons (Fsp3) is 0.241. The first kappa shape index (κ1) is 27.2. The molecule has 1 N–H and O–H groups in total. The molecule has 0 bridgehead atoms. The molecule has 2 heterocycles. The summed E-state index contributed by atoms with van der Waals surface area (Å²) >= 11 is 6.82. The largest absolute Gasteiger partial charge is 0.497 e. The second-order valence-electron chi connectivity index (χ2n) is 8.76. The van der Waals surface area contributed by atoms with Crippen LogP contribution in [0.1, 0.15) is 47.7 Å². The van der Waals surface area contributed by atoms with Gasteiger partial charge in [-0.1, -0.05) is 66.4 Å². The Hall–Kier alpha value is -3.87. The molecule has 0 aliphatic carbocycles. The third-order valence-corrected chi connectivity index (χ3v) is 7.91. The number of amides is 1. The molecule has 2 aromatic carbocycles. The summed E-state index contributed by atoms with van der Waals surface area (Å²) in [5.74, 6) is 1.09. The van der Waals surface area contributed by atoms with Crippen molar-refractivity contribution in [2.75, 3.05) is 12.4 Å². The number of rotatable bonds is 8. The smallest absolute Gasteiger partial charge is 0.270 e. The van der Waals surface area contributed by atoms with Crippen LogP contribution in [0.25, 0.3) is 6.08 Å². The van der Waals surface area contributed by atoms with E-state index in [1.165, 1.54) is 16.3 Å². The van der Waals surface area contributed by atoms with Crippen LogP contribution in [0.4, 0.5) is 5.82 Å². The lowest BCUT2D eigenvalue weighted by Crippen LogP contribution is -2.31. The first-order valence-corrected chi connectivity index (χ1v) is 13.4. The average Bonchev–Trinajstić information content (AvgIpc) is 3.22. The van der Waals surface area contributed by atoms with Gasteiger partial charge in [0.05, 0.1) is 18.1 Å². The molecule has 4 rings (SSSR count). The van der Waals surface area contributed by atoms with Crippen LogP contribution < -0.4 is 15.6 Å². The van der Waals surface area contributed by atoms with Crippen molar-refractivity contribution in [3.63, 3.8) is 0 Å². The quantitative estimate of drug-likeness (QED) is 0.290. The summed E-state index contributed by atoms with van der Waals surface area (Å²) in [6, 6.07) is 19.2. The van der Waals surface area contributed by atoms with Gasteiger partial charge in [0.2, 0.25) is 0 Å². The van der Waals surface area contributed by atoms with Crippen LogP contribution in [-0.2, 0) is 17.9 Å². The number of thioether (sulfide) groups is 1. The van der Waals surface area contributed by atoms with Gasteiger partial charge < -0.3 is 10.1 Å². The van der Waals surface area contributed by atoms with Crippen molar-refractivity contribution in [3.05, 3.63) is 97.7 Å². The Labute approximate surface area is 231 Å². The van der Waals surface area contributed by atoms with Crippen LogP contribution in [0.15, 0.2) is 64.3 Å². The molecule has 1 atom stereocenters. The summed E-state index contributed by atoms with van der Waals surface area (Å²) in [7, 11) is 1.61. The van der Waals surface area contributed by atoms with E-state index in [0.717, 1.165) is 16.9 Å². The van der Waals surface area contributed by atoms with Crippen molar-refractivity contribution in [1.29, 1.82) is 5.26 Å². The Morgan fingerprint density at radius 3 is 2.45 bits per heavy atom. The number of nitrogens with zero attached hydrogens (tertiary/aromatic N) is 3. The summed E-state index contributed by atoms with van der Waals surface area (Å²) in [5, 5.41) is 13.2. The molecular formula is C29H28N4O3S2. The third-order valence-electron chi connectivity index (χ3n) is 6.58. The number of anilines is 1. The highest BCUT2D eigenvalue weighted by molar-refractivity contribution is 8.26. The van der Waals surface area contributed by atoms with Crippen molar-refractivity contribution in [2.24, 2.45) is 0 Å². The molecule has 1 unspecified atom stereocenters. The highest BCUT2D eigenvalue weighted by Gasteiger charge is 2.36. The molecule has 0 radical (unpaired) electrons. The van der Waals surface area contributed by atoms with Gasteiger partial charge in [0.25, 0.3) is 11.5 Å². The summed E-state index contributed by atoms with van der Waals surface area (Å²) in [4.78, 5) is 28.7. The standard InChI is InChI=1S/C29H28N4O3S2/c1-5-32-26(31-17-20-11-13-22(36-4)14-12-20)23(18(2)24(16-30)27(32)34)15-25-28(35)33(29(37)38-25)19(3)21-9-7-6-8-10-21/h6-15,19,31H,5,17H2,1-4H3/b25-15+. The maximum atomic E-state index is 13.6. The Bertz CT molecular complexity index is 1510. The average molecular weight is 545 g/mol. The third kappa shape index (κ3) is 5.23. The summed E-state index contributed by atoms with van der Waals surface area (Å²) in [5.41, 5.74) is 2.78. The Balaban J connectivity index is 1.76. The van der Waals surface area contributed by atoms with Crippen LogP contribution in [0.5, 0.6) is 5.75 Å². The second kappa shape index (κ2) is 11.7. The molecule has 3 aromatic rings. The Morgan fingerprint density at radius 2 is 1.84 bits per heavy atom. The zero-order chi connectivity index (χ0) is 27.4. The fourth-order valence-corrected chi connectivity index (χ4v) is 5.81. The number of aromatic nitrogens is 1. The van der Waals surface area contributed by atoms with E-state index >= 15 is 0 Å². The van der Waals surface area contributed by atoms with Crippen LogP contribution in [0, 0.1) is 18.3 Å². The number of benzene rings is 2. The number of ether oxygens (including phenoxy) is 1. The van der Waals surface area contributed by atoms with E-state index in [9.17, 15) is 14.9 Å². The lowest BCUT2D eigenvalue weighted by Gasteiger charge is -2.23. The van der Waals surface area contributed by atoms with Crippen LogP contribution in [0.3, 0.4) is 0 Å². The first-order chi connectivity index (χ1) is 18.3. The van der Waals surface area contributed by atoms with Gasteiger partial charge in [0.15, 0.2) is 0 Å². The number of methoxy groups -OCH3 is 1. The lowest BCUT2D eigenvalue weighted by atomic mass is 10.0. The minimum Gasteiger partial charge on any atom is -0.497 e. The van der Waals surface area contributed by atoms with Crippen molar-refractivity contribution in [2.45, 2.75) is 39.9 Å². The molecule has 194 valence electrons. The molecular weight excluding hydrogens is 516 g/mol. The summed E-state index contributed by atoms with van der Waals surface area (Å²) in [6.45, 7) is 6.31. The highest BCUT2D eigenvalue weighted by Crippen LogP contribution is 2.39. The lowest BCUT2D eigenvalue weighted by molar-refractivity contribution is -0.123. The fourth-order valence-electron chi connectivity index (χ4n) is 4.41. The second-order valence-corrected chi connectivity index (χ2v) is 10.4. The van der Waals surface area contributed by atoms with E-state index in [0.29, 0.717) is 39.3 Å². The van der Waals surface area contributed by atoms with Crippen molar-refractivity contribution in [1.82, 2.24) is 9.47 Å². The minimum atomic E-state index is -0.368. The number of hydrogen-bond donors (Lipinski definition) is 1. The number of carbonyl (C=O) groups is 1. The van der Waals surface area contributed by atoms with E-state index in [2.05, 4.69) is 11.4 Å². The van der Waals surface area contributed by atoms with Gasteiger partial charge in [0.1, 0.15) is 27.5 Å². The monoisotopic (exact) mass is 544 g/mol. The summed E-state index contributed by atoms with van der Waals surface area (Å²) in [6.07, 6.45) is 1.75. The Morgan fingerprint density at radius 1 is 1.16 bits per heavy atom. The van der Waals surface area contributed by atoms with Crippen molar-refractivity contribution >= 4 is 46.1 Å². The van der Waals surface area contributed by atoms with E-state index in [1.54, 1.807) is 25.0 Å². The molecule has 7 nitrogen and oxygen atoms in total. The van der Waals surface area contributed by atoms with E-state index in [-0.39, 0.29) is 23.1 Å². The number of nitrogens with one attached hydrogen (secondary N) is 1. The molecule has 1 saturated heterocycles. The number of hydrogen-bond acceptors (Lipinski definition) is 7. The molecule has 1 aliphatic rings. The number of pyridine rings is 1. The predicted octanol–water partition coefficient (Wildman–Crippen LogP) is 5.63. The van der Waals surface area contributed by atoms with Gasteiger partial charge in [-0.3, -0.25) is 19.1 Å². The van der Waals surface area contributed by atoms with Gasteiger partial charge in [0, 0.05) is 18.7 Å². The van der Waals surface area contributed by atoms with Gasteiger partial charge in [-0.15, -0.1) is 0 Å². The van der Waals surface area contributed by atoms with E-state index in [1.807, 2.05) is 68.4 Å². The normalized spacial score (nSPS) is 15.0. The van der Waals surface area contributed by atoms with Gasteiger partial charge in [-0.25, -0.2) is 0 Å². The zero-order valence-corrected chi connectivity index (χ0v) is 23.3. The number of nitriles is 1. The van der Waals surface area contributed by atoms with Gasteiger partial charge in [-0.2, -0.15) is 5.26 Å². The van der Waals surface area contributed by atoms with Crippen LogP contribution in [-0.4, -0.2) is 26.8 Å². The van der Waals surface area contributed by atoms with Crippen LogP contribution in [0.2, 0.25) is 0 Å². The zero-order valence-electron chi connectivity index (χ0n) is 21.6. The molecule has 1 fully saturated rings. The van der Waals surface area contributed by atoms with Gasteiger partial charge in [-0.05, 0) is 55.7 Å². The maximum Gasteiger partial charge on any atom is 0.270 e. The number of carbonyl (C=O) groups excluding carboxylic acids is 1. The first-order valence-electron chi connectivity index (χ1n) is 12.2. The molecule has 0 spiro atoms. The van der Waals surface area contributed by atoms with E-state index in [4.69, 9.17) is 17.0 Å². The molecule has 1 amide bonds. The van der Waals surface area contributed by atoms with E-state index < -0.39 is 0 Å². The molecule has 1 aliphatic heterocycles. The van der Waals surface area contributed by atoms with Crippen molar-refractivity contribution < 1.29 is 9.53 Å². The molecule has 9 heteroatoms. The maximum absolute atomic E-state index is 13.6. The predicted molar refractivity (Wildman–Crippen MR) is 156 cm³/mol. The minimum absolute atomic E-state index is 0.0567. The highest BCUT2D eigenvalue weighted by atomic mass is 32.2. The molecule has 38 heavy (non-hydrogen) atoms. The van der Waals surface area contributed by atoms with Crippen molar-refractivity contribution in [3.8, 4) is 11.8 Å². The SMILES string of the molecule is CCn1c(NCc2ccc(OC)cc2)c(/C=C2/SC(=S)N(C(C)c3ccccc3)C2=O)c(C)c(C#N)c1=O. The topological polar surface area (TPSA) is 87.4 Å². The van der Waals surface area contributed by atoms with Crippen LogP contribution >= 0.6 is 24.0 Å². The summed E-state index contributed by atoms with van der Waals surface area (Å²) < 4.78 is 7.24.